The highest BCUT2D eigenvalue weighted by Crippen LogP contribution is 2.18. The molecule has 0 saturated carbocycles. The maximum atomic E-state index is 5.74. The minimum Gasteiger partial charge on any atom is -0.493 e. The molecule has 0 aliphatic rings. The van der Waals surface area contributed by atoms with Crippen molar-refractivity contribution in [3.63, 3.8) is 0 Å². The number of aromatic nitrogens is 4. The molecule has 0 radical (unpaired) electrons. The van der Waals surface area contributed by atoms with Gasteiger partial charge in [0.2, 0.25) is 0 Å². The van der Waals surface area contributed by atoms with Crippen molar-refractivity contribution in [1.82, 2.24) is 24.6 Å². The van der Waals surface area contributed by atoms with E-state index in [1.165, 1.54) is 10.9 Å². The lowest BCUT2D eigenvalue weighted by Gasteiger charge is -2.16. The number of hydrogen-bond acceptors (Lipinski definition) is 6. The first-order chi connectivity index (χ1) is 14.7. The largest absolute Gasteiger partial charge is 0.493 e. The van der Waals surface area contributed by atoms with Gasteiger partial charge in [-0.1, -0.05) is 42.1 Å². The number of ether oxygens (including phenoxy) is 1. The zero-order valence-electron chi connectivity index (χ0n) is 17.2. The van der Waals surface area contributed by atoms with Crippen LogP contribution < -0.4 is 4.74 Å². The average molecular weight is 420 g/mol. The van der Waals surface area contributed by atoms with E-state index >= 15 is 0 Å². The molecule has 2 aromatic carbocycles. The second kappa shape index (κ2) is 9.73. The van der Waals surface area contributed by atoms with Crippen LogP contribution in [0.15, 0.2) is 72.0 Å². The molecular formula is C23H25N5OS. The summed E-state index contributed by atoms with van der Waals surface area (Å²) >= 11 is 1.66. The van der Waals surface area contributed by atoms with E-state index in [1.807, 2.05) is 49.6 Å². The van der Waals surface area contributed by atoms with Gasteiger partial charge >= 0.3 is 0 Å². The third-order valence-corrected chi connectivity index (χ3v) is 5.77. The second-order valence-corrected chi connectivity index (χ2v) is 8.23. The predicted molar refractivity (Wildman–Crippen MR) is 121 cm³/mol. The van der Waals surface area contributed by atoms with E-state index in [0.717, 1.165) is 41.1 Å². The minimum absolute atomic E-state index is 0.633. The van der Waals surface area contributed by atoms with Crippen LogP contribution in [0.25, 0.3) is 10.9 Å². The van der Waals surface area contributed by atoms with Crippen LogP contribution in [0, 0.1) is 0 Å². The first kappa shape index (κ1) is 20.4. The Bertz CT molecular complexity index is 1100. The van der Waals surface area contributed by atoms with Crippen molar-refractivity contribution in [3.05, 3.63) is 78.2 Å². The number of pyridine rings is 1. The molecule has 154 valence electrons. The minimum atomic E-state index is 0.633. The van der Waals surface area contributed by atoms with E-state index in [2.05, 4.69) is 56.0 Å². The molecule has 0 N–H and O–H groups in total. The molecule has 4 rings (SSSR count). The van der Waals surface area contributed by atoms with Crippen LogP contribution in [0.3, 0.4) is 0 Å². The third-order valence-electron chi connectivity index (χ3n) is 4.78. The Kier molecular flexibility index (Phi) is 6.61. The Labute approximate surface area is 180 Å². The topological polar surface area (TPSA) is 56.1 Å². The molecule has 30 heavy (non-hydrogen) atoms. The number of rotatable bonds is 9. The van der Waals surface area contributed by atoms with Crippen molar-refractivity contribution in [3.8, 4) is 5.75 Å². The highest BCUT2D eigenvalue weighted by Gasteiger charge is 2.12. The number of hydrogen-bond donors (Lipinski definition) is 0. The van der Waals surface area contributed by atoms with Crippen LogP contribution in [0.2, 0.25) is 0 Å². The molecule has 2 aromatic heterocycles. The molecule has 0 saturated heterocycles. The van der Waals surface area contributed by atoms with Gasteiger partial charge in [0.25, 0.3) is 0 Å². The summed E-state index contributed by atoms with van der Waals surface area (Å²) in [6, 6.07) is 20.3. The van der Waals surface area contributed by atoms with Gasteiger partial charge in [-0.25, -0.2) is 0 Å². The van der Waals surface area contributed by atoms with Crippen molar-refractivity contribution in [1.29, 1.82) is 0 Å². The molecule has 0 fully saturated rings. The summed E-state index contributed by atoms with van der Waals surface area (Å²) in [5.74, 6) is 2.66. The number of thioether (sulfide) groups is 1. The van der Waals surface area contributed by atoms with Crippen LogP contribution in [0.1, 0.15) is 11.4 Å². The van der Waals surface area contributed by atoms with Gasteiger partial charge in [0, 0.05) is 30.9 Å². The highest BCUT2D eigenvalue weighted by molar-refractivity contribution is 7.99. The van der Waals surface area contributed by atoms with E-state index in [9.17, 15) is 0 Å². The van der Waals surface area contributed by atoms with Gasteiger partial charge in [-0.05, 0) is 42.9 Å². The third kappa shape index (κ3) is 5.17. The normalized spacial score (nSPS) is 11.3. The molecule has 0 aliphatic heterocycles. The molecule has 2 heterocycles. The number of fused-ring (bicyclic) bond motifs is 1. The molecule has 7 heteroatoms. The van der Waals surface area contributed by atoms with Crippen molar-refractivity contribution < 1.29 is 4.74 Å². The summed E-state index contributed by atoms with van der Waals surface area (Å²) in [7, 11) is 4.12. The Morgan fingerprint density at radius 2 is 1.87 bits per heavy atom. The van der Waals surface area contributed by atoms with Gasteiger partial charge in [-0.3, -0.25) is 9.88 Å². The van der Waals surface area contributed by atoms with Crippen molar-refractivity contribution in [2.45, 2.75) is 18.2 Å². The summed E-state index contributed by atoms with van der Waals surface area (Å²) in [6.45, 7) is 2.20. The number of benzene rings is 2. The fraction of sp³-hybridized carbons (Fsp3) is 0.261. The maximum Gasteiger partial charge on any atom is 0.191 e. The fourth-order valence-electron chi connectivity index (χ4n) is 3.25. The van der Waals surface area contributed by atoms with E-state index < -0.39 is 0 Å². The van der Waals surface area contributed by atoms with Crippen LogP contribution in [-0.2, 0) is 20.1 Å². The van der Waals surface area contributed by atoms with E-state index in [1.54, 1.807) is 11.8 Å². The zero-order valence-corrected chi connectivity index (χ0v) is 18.0. The fourth-order valence-corrected chi connectivity index (χ4v) is 4.00. The van der Waals surface area contributed by atoms with Gasteiger partial charge in [0.1, 0.15) is 11.6 Å². The Balaban J connectivity index is 1.29. The van der Waals surface area contributed by atoms with Crippen LogP contribution >= 0.6 is 11.8 Å². The quantitative estimate of drug-likeness (QED) is 0.300. The second-order valence-electron chi connectivity index (χ2n) is 7.17. The molecule has 0 amide bonds. The van der Waals surface area contributed by atoms with Gasteiger partial charge < -0.3 is 9.30 Å². The summed E-state index contributed by atoms with van der Waals surface area (Å²) in [5, 5.41) is 10.8. The molecular weight excluding hydrogens is 394 g/mol. The lowest BCUT2D eigenvalue weighted by molar-refractivity contribution is 0.306. The molecule has 0 unspecified atom stereocenters. The molecule has 0 spiro atoms. The van der Waals surface area contributed by atoms with Gasteiger partial charge in [0.05, 0.1) is 18.7 Å². The van der Waals surface area contributed by atoms with Crippen LogP contribution in [0.5, 0.6) is 5.75 Å². The summed E-state index contributed by atoms with van der Waals surface area (Å²) < 4.78 is 7.81. The molecule has 0 bridgehead atoms. The smallest absolute Gasteiger partial charge is 0.191 e. The van der Waals surface area contributed by atoms with Crippen molar-refractivity contribution >= 4 is 22.7 Å². The van der Waals surface area contributed by atoms with Crippen molar-refractivity contribution in [2.75, 3.05) is 19.4 Å². The zero-order chi connectivity index (χ0) is 20.8. The average Bonchev–Trinajstić information content (AvgIpc) is 3.11. The molecule has 0 aliphatic carbocycles. The van der Waals surface area contributed by atoms with Gasteiger partial charge in [0.15, 0.2) is 5.16 Å². The Hall–Kier alpha value is -2.90. The van der Waals surface area contributed by atoms with Crippen molar-refractivity contribution in [2.24, 2.45) is 7.05 Å². The van der Waals surface area contributed by atoms with E-state index in [-0.39, 0.29) is 0 Å². The van der Waals surface area contributed by atoms with E-state index in [4.69, 9.17) is 4.74 Å². The first-order valence-corrected chi connectivity index (χ1v) is 10.9. The molecule has 6 nitrogen and oxygen atoms in total. The first-order valence-electron chi connectivity index (χ1n) is 9.90. The Morgan fingerprint density at radius 1 is 1.00 bits per heavy atom. The predicted octanol–water partition coefficient (Wildman–Crippen LogP) is 4.17. The summed E-state index contributed by atoms with van der Waals surface area (Å²) in [6.07, 6.45) is 1.82. The summed E-state index contributed by atoms with van der Waals surface area (Å²) in [4.78, 5) is 6.63. The lowest BCUT2D eigenvalue weighted by Crippen LogP contribution is -2.19. The monoisotopic (exact) mass is 419 g/mol. The number of para-hydroxylation sites is 1. The van der Waals surface area contributed by atoms with E-state index in [0.29, 0.717) is 6.61 Å². The Morgan fingerprint density at radius 3 is 2.73 bits per heavy atom. The number of nitrogens with zero attached hydrogens (tertiary/aromatic N) is 5. The lowest BCUT2D eigenvalue weighted by atomic mass is 10.1. The SMILES string of the molecule is CN(Cc1ccc2ncccc2c1)Cc1nnc(SCCOc2ccccc2)n1C. The molecule has 4 aromatic rings. The molecule has 0 atom stereocenters. The van der Waals surface area contributed by atoms with Crippen LogP contribution in [0.4, 0.5) is 0 Å². The van der Waals surface area contributed by atoms with Crippen LogP contribution in [-0.4, -0.2) is 44.1 Å². The van der Waals surface area contributed by atoms with Gasteiger partial charge in [-0.15, -0.1) is 10.2 Å². The highest BCUT2D eigenvalue weighted by atomic mass is 32.2. The maximum absolute atomic E-state index is 5.74. The van der Waals surface area contributed by atoms with Gasteiger partial charge in [-0.2, -0.15) is 0 Å². The summed E-state index contributed by atoms with van der Waals surface area (Å²) in [5.41, 5.74) is 2.28. The standard InChI is InChI=1S/C23H25N5OS/c1-27(16-18-10-11-21-19(15-18)7-6-12-24-21)17-22-25-26-23(28(22)2)30-14-13-29-20-8-4-3-5-9-20/h3-12,15H,13-14,16-17H2,1-2H3.